The second-order valence-electron chi connectivity index (χ2n) is 5.85. The van der Waals surface area contributed by atoms with Gasteiger partial charge in [0, 0.05) is 19.0 Å². The number of aryl methyl sites for hydroxylation is 2. The fourth-order valence-corrected chi connectivity index (χ4v) is 3.55. The maximum absolute atomic E-state index is 6.63. The van der Waals surface area contributed by atoms with Crippen molar-refractivity contribution >= 4 is 11.6 Å². The van der Waals surface area contributed by atoms with Gasteiger partial charge in [-0.15, -0.1) is 0 Å². The first-order valence-electron chi connectivity index (χ1n) is 7.08. The molecule has 106 valence electrons. The molecule has 20 heavy (non-hydrogen) atoms. The van der Waals surface area contributed by atoms with E-state index < -0.39 is 0 Å². The predicted molar refractivity (Wildman–Crippen MR) is 82.1 cm³/mol. The van der Waals surface area contributed by atoms with Crippen LogP contribution in [0.3, 0.4) is 0 Å². The van der Waals surface area contributed by atoms with E-state index in [9.17, 15) is 0 Å². The van der Waals surface area contributed by atoms with Gasteiger partial charge in [-0.1, -0.05) is 42.8 Å². The highest BCUT2D eigenvalue weighted by Gasteiger charge is 2.35. The Morgan fingerprint density at radius 2 is 1.90 bits per heavy atom. The molecule has 1 aliphatic carbocycles. The first kappa shape index (κ1) is 13.7. The Balaban J connectivity index is 1.88. The van der Waals surface area contributed by atoms with Gasteiger partial charge in [0.25, 0.3) is 0 Å². The van der Waals surface area contributed by atoms with E-state index in [1.54, 1.807) is 0 Å². The van der Waals surface area contributed by atoms with Crippen LogP contribution in [-0.2, 0) is 32.7 Å². The highest BCUT2D eigenvalue weighted by atomic mass is 35.5. The van der Waals surface area contributed by atoms with Crippen LogP contribution in [0.4, 0.5) is 0 Å². The molecular formula is C16H20ClN3. The van der Waals surface area contributed by atoms with E-state index in [1.807, 2.05) is 11.7 Å². The third-order valence-corrected chi connectivity index (χ3v) is 4.66. The first-order valence-corrected chi connectivity index (χ1v) is 7.46. The number of nitrogens with zero attached hydrogens (tertiary/aromatic N) is 2. The standard InChI is InChI=1S/C16H20ClN3/c1-3-13-15(17)14(20(2)19-13)10-16(18)8-11-6-4-5-7-12(11)9-16/h4-7H,3,8-10,18H2,1-2H3. The molecule has 1 heterocycles. The summed E-state index contributed by atoms with van der Waals surface area (Å²) in [5, 5.41) is 5.27. The number of rotatable bonds is 3. The zero-order valence-electron chi connectivity index (χ0n) is 12.0. The largest absolute Gasteiger partial charge is 0.324 e. The van der Waals surface area contributed by atoms with Gasteiger partial charge in [-0.3, -0.25) is 4.68 Å². The molecule has 1 aromatic carbocycles. The molecule has 0 radical (unpaired) electrons. The normalized spacial score (nSPS) is 16.4. The quantitative estimate of drug-likeness (QED) is 0.944. The van der Waals surface area contributed by atoms with Crippen molar-refractivity contribution in [3.8, 4) is 0 Å². The molecule has 3 nitrogen and oxygen atoms in total. The Kier molecular flexibility index (Phi) is 3.35. The van der Waals surface area contributed by atoms with Gasteiger partial charge in [0.15, 0.2) is 0 Å². The highest BCUT2D eigenvalue weighted by molar-refractivity contribution is 6.31. The van der Waals surface area contributed by atoms with Gasteiger partial charge in [-0.05, 0) is 30.4 Å². The Hall–Kier alpha value is -1.32. The Morgan fingerprint density at radius 1 is 1.30 bits per heavy atom. The minimum atomic E-state index is -0.244. The van der Waals surface area contributed by atoms with Crippen LogP contribution in [0.15, 0.2) is 24.3 Å². The van der Waals surface area contributed by atoms with Gasteiger partial charge in [-0.2, -0.15) is 5.10 Å². The number of aromatic nitrogens is 2. The minimum absolute atomic E-state index is 0.244. The Labute approximate surface area is 124 Å². The summed E-state index contributed by atoms with van der Waals surface area (Å²) in [4.78, 5) is 0. The predicted octanol–water partition coefficient (Wildman–Crippen LogP) is 2.67. The van der Waals surface area contributed by atoms with Crippen molar-refractivity contribution in [1.29, 1.82) is 0 Å². The van der Waals surface area contributed by atoms with E-state index in [2.05, 4.69) is 36.3 Å². The van der Waals surface area contributed by atoms with E-state index in [-0.39, 0.29) is 5.54 Å². The van der Waals surface area contributed by atoms with Crippen LogP contribution in [0.25, 0.3) is 0 Å². The molecule has 2 N–H and O–H groups in total. The molecule has 1 aromatic heterocycles. The van der Waals surface area contributed by atoms with Gasteiger partial charge in [0.1, 0.15) is 0 Å². The Bertz CT molecular complexity index is 620. The van der Waals surface area contributed by atoms with E-state index in [4.69, 9.17) is 17.3 Å². The zero-order chi connectivity index (χ0) is 14.3. The van der Waals surface area contributed by atoms with Crippen molar-refractivity contribution in [2.45, 2.75) is 38.1 Å². The molecule has 1 aliphatic rings. The van der Waals surface area contributed by atoms with Crippen LogP contribution in [0.2, 0.25) is 5.02 Å². The summed E-state index contributed by atoms with van der Waals surface area (Å²) < 4.78 is 1.89. The van der Waals surface area contributed by atoms with Gasteiger partial charge in [0.05, 0.1) is 16.4 Å². The molecule has 0 saturated heterocycles. The lowest BCUT2D eigenvalue weighted by molar-refractivity contribution is 0.432. The zero-order valence-corrected chi connectivity index (χ0v) is 12.7. The molecule has 4 heteroatoms. The lowest BCUT2D eigenvalue weighted by Crippen LogP contribution is -2.43. The average molecular weight is 290 g/mol. The molecule has 0 fully saturated rings. The van der Waals surface area contributed by atoms with E-state index in [0.29, 0.717) is 0 Å². The molecule has 0 amide bonds. The molecule has 0 unspecified atom stereocenters. The molecule has 3 rings (SSSR count). The fraction of sp³-hybridized carbons (Fsp3) is 0.438. The van der Waals surface area contributed by atoms with Crippen LogP contribution in [0.5, 0.6) is 0 Å². The maximum Gasteiger partial charge on any atom is 0.0850 e. The molecule has 0 spiro atoms. The maximum atomic E-state index is 6.63. The number of halogens is 1. The summed E-state index contributed by atoms with van der Waals surface area (Å²) in [5.74, 6) is 0. The first-order chi connectivity index (χ1) is 9.52. The van der Waals surface area contributed by atoms with Crippen LogP contribution in [0, 0.1) is 0 Å². The van der Waals surface area contributed by atoms with Crippen molar-refractivity contribution in [2.75, 3.05) is 0 Å². The van der Waals surface area contributed by atoms with Crippen molar-refractivity contribution in [3.05, 3.63) is 51.8 Å². The van der Waals surface area contributed by atoms with Crippen molar-refractivity contribution in [3.63, 3.8) is 0 Å². The average Bonchev–Trinajstić information content (AvgIpc) is 2.89. The summed E-state index contributed by atoms with van der Waals surface area (Å²) in [5.41, 5.74) is 11.1. The minimum Gasteiger partial charge on any atom is -0.324 e. The van der Waals surface area contributed by atoms with Gasteiger partial charge < -0.3 is 5.73 Å². The monoisotopic (exact) mass is 289 g/mol. The van der Waals surface area contributed by atoms with Crippen molar-refractivity contribution < 1.29 is 0 Å². The van der Waals surface area contributed by atoms with Gasteiger partial charge >= 0.3 is 0 Å². The summed E-state index contributed by atoms with van der Waals surface area (Å²) >= 11 is 6.44. The Morgan fingerprint density at radius 3 is 2.40 bits per heavy atom. The molecular weight excluding hydrogens is 270 g/mol. The van der Waals surface area contributed by atoms with Crippen molar-refractivity contribution in [2.24, 2.45) is 12.8 Å². The number of hydrogen-bond donors (Lipinski definition) is 1. The second kappa shape index (κ2) is 4.90. The summed E-state index contributed by atoms with van der Waals surface area (Å²) in [6.07, 6.45) is 3.44. The van der Waals surface area contributed by atoms with E-state index in [0.717, 1.165) is 42.1 Å². The fourth-order valence-electron chi connectivity index (χ4n) is 3.19. The lowest BCUT2D eigenvalue weighted by atomic mass is 9.91. The third-order valence-electron chi connectivity index (χ3n) is 4.23. The van der Waals surface area contributed by atoms with Crippen LogP contribution < -0.4 is 5.73 Å². The lowest BCUT2D eigenvalue weighted by Gasteiger charge is -2.23. The highest BCUT2D eigenvalue weighted by Crippen LogP contribution is 2.33. The summed E-state index contributed by atoms with van der Waals surface area (Å²) in [6, 6.07) is 8.51. The molecule has 0 bridgehead atoms. The van der Waals surface area contributed by atoms with E-state index in [1.165, 1.54) is 11.1 Å². The topological polar surface area (TPSA) is 43.8 Å². The molecule has 0 aliphatic heterocycles. The number of nitrogens with two attached hydrogens (primary N) is 1. The molecule has 2 aromatic rings. The summed E-state index contributed by atoms with van der Waals surface area (Å²) in [7, 11) is 1.95. The summed E-state index contributed by atoms with van der Waals surface area (Å²) in [6.45, 7) is 2.07. The SMILES string of the molecule is CCc1nn(C)c(CC2(N)Cc3ccccc3C2)c1Cl. The molecule has 0 saturated carbocycles. The van der Waals surface area contributed by atoms with Crippen LogP contribution in [-0.4, -0.2) is 15.3 Å². The van der Waals surface area contributed by atoms with Gasteiger partial charge in [-0.25, -0.2) is 0 Å². The van der Waals surface area contributed by atoms with Gasteiger partial charge in [0.2, 0.25) is 0 Å². The second-order valence-corrected chi connectivity index (χ2v) is 6.22. The van der Waals surface area contributed by atoms with E-state index >= 15 is 0 Å². The third kappa shape index (κ3) is 2.25. The number of hydrogen-bond acceptors (Lipinski definition) is 2. The van der Waals surface area contributed by atoms with Crippen LogP contribution >= 0.6 is 11.6 Å². The van der Waals surface area contributed by atoms with Crippen LogP contribution in [0.1, 0.15) is 29.4 Å². The molecule has 0 atom stereocenters. The smallest absolute Gasteiger partial charge is 0.0850 e. The number of benzene rings is 1. The number of fused-ring (bicyclic) bond motifs is 1. The van der Waals surface area contributed by atoms with Crippen molar-refractivity contribution in [1.82, 2.24) is 9.78 Å².